The number of terminal acetylenes is 1. The number of unbranched alkanes of at least 4 members (excludes halogenated alkanes) is 1. The van der Waals surface area contributed by atoms with Crippen LogP contribution < -0.4 is 5.32 Å². The Morgan fingerprint density at radius 2 is 2.22 bits per heavy atom. The molecule has 0 saturated carbocycles. The number of halogens is 1. The van der Waals surface area contributed by atoms with Crippen LogP contribution in [-0.4, -0.2) is 30.6 Å². The minimum atomic E-state index is -0.760. The molecule has 0 heterocycles. The molecule has 6 heteroatoms. The molecular weight excluding hydrogens is 301 g/mol. The summed E-state index contributed by atoms with van der Waals surface area (Å²) in [7, 11) is 1.25. The van der Waals surface area contributed by atoms with Crippen LogP contribution in [0.2, 0.25) is 0 Å². The van der Waals surface area contributed by atoms with Gasteiger partial charge in [0.15, 0.2) is 11.6 Å². The van der Waals surface area contributed by atoms with Crippen molar-refractivity contribution in [3.05, 3.63) is 29.6 Å². The molecule has 23 heavy (non-hydrogen) atoms. The fraction of sp³-hybridized carbons (Fsp3) is 0.412. The van der Waals surface area contributed by atoms with Crippen molar-refractivity contribution in [3.8, 4) is 18.1 Å². The normalized spacial score (nSPS) is 11.3. The van der Waals surface area contributed by atoms with E-state index in [2.05, 4.69) is 11.2 Å². The molecule has 0 aliphatic rings. The van der Waals surface area contributed by atoms with Crippen molar-refractivity contribution >= 4 is 11.9 Å². The molecule has 5 nitrogen and oxygen atoms in total. The summed E-state index contributed by atoms with van der Waals surface area (Å²) in [6.07, 6.45) is 6.68. The van der Waals surface area contributed by atoms with E-state index in [4.69, 9.17) is 11.2 Å². The summed E-state index contributed by atoms with van der Waals surface area (Å²) in [6, 6.07) is 3.89. The van der Waals surface area contributed by atoms with Gasteiger partial charge >= 0.3 is 5.97 Å². The number of esters is 1. The number of amides is 1. The maximum absolute atomic E-state index is 13.3. The molecule has 1 amide bonds. The van der Waals surface area contributed by atoms with E-state index in [0.29, 0.717) is 18.4 Å². The van der Waals surface area contributed by atoms with Gasteiger partial charge in [0.25, 0.3) is 0 Å². The number of aromatic hydroxyl groups is 1. The van der Waals surface area contributed by atoms with Crippen LogP contribution in [0.15, 0.2) is 18.2 Å². The van der Waals surface area contributed by atoms with E-state index >= 15 is 0 Å². The van der Waals surface area contributed by atoms with Crippen molar-refractivity contribution in [1.29, 1.82) is 0 Å². The van der Waals surface area contributed by atoms with Crippen LogP contribution in [0.25, 0.3) is 0 Å². The van der Waals surface area contributed by atoms with Gasteiger partial charge in [-0.1, -0.05) is 6.07 Å². The molecule has 0 saturated heterocycles. The van der Waals surface area contributed by atoms with E-state index in [9.17, 15) is 19.1 Å². The highest BCUT2D eigenvalue weighted by Crippen LogP contribution is 2.19. The SMILES string of the molecule is C#CCCCC(=O)NC[C@@H](Cc1ccc(O)c(F)c1)C(=O)OC. The molecule has 124 valence electrons. The zero-order valence-corrected chi connectivity index (χ0v) is 13.0. The van der Waals surface area contributed by atoms with E-state index in [1.807, 2.05) is 0 Å². The van der Waals surface area contributed by atoms with Crippen molar-refractivity contribution in [3.63, 3.8) is 0 Å². The van der Waals surface area contributed by atoms with E-state index < -0.39 is 23.5 Å². The number of methoxy groups -OCH3 is 1. The molecule has 0 spiro atoms. The van der Waals surface area contributed by atoms with E-state index in [1.165, 1.54) is 19.2 Å². The maximum Gasteiger partial charge on any atom is 0.310 e. The topological polar surface area (TPSA) is 75.6 Å². The average Bonchev–Trinajstić information content (AvgIpc) is 2.54. The second kappa shape index (κ2) is 9.46. The molecule has 1 aromatic carbocycles. The molecule has 0 fully saturated rings. The highest BCUT2D eigenvalue weighted by Gasteiger charge is 2.21. The predicted octanol–water partition coefficient (Wildman–Crippen LogP) is 1.78. The van der Waals surface area contributed by atoms with Gasteiger partial charge in [0, 0.05) is 19.4 Å². The monoisotopic (exact) mass is 321 g/mol. The van der Waals surface area contributed by atoms with Gasteiger partial charge < -0.3 is 15.2 Å². The fourth-order valence-corrected chi connectivity index (χ4v) is 2.04. The molecule has 0 unspecified atom stereocenters. The maximum atomic E-state index is 13.3. The second-order valence-electron chi connectivity index (χ2n) is 5.07. The lowest BCUT2D eigenvalue weighted by molar-refractivity contribution is -0.145. The number of nitrogens with one attached hydrogen (secondary N) is 1. The number of hydrogen-bond donors (Lipinski definition) is 2. The summed E-state index contributed by atoms with van der Waals surface area (Å²) in [5.74, 6) is -0.104. The molecule has 1 rings (SSSR count). The zero-order chi connectivity index (χ0) is 17.2. The number of benzene rings is 1. The third-order valence-electron chi connectivity index (χ3n) is 3.30. The van der Waals surface area contributed by atoms with Crippen molar-refractivity contribution in [2.75, 3.05) is 13.7 Å². The lowest BCUT2D eigenvalue weighted by atomic mass is 9.99. The van der Waals surface area contributed by atoms with Gasteiger partial charge in [0.05, 0.1) is 13.0 Å². The highest BCUT2D eigenvalue weighted by molar-refractivity contribution is 5.78. The Balaban J connectivity index is 2.62. The molecule has 1 aromatic rings. The van der Waals surface area contributed by atoms with Crippen LogP contribution in [0, 0.1) is 24.1 Å². The molecule has 0 aromatic heterocycles. The number of hydrogen-bond acceptors (Lipinski definition) is 4. The van der Waals surface area contributed by atoms with Crippen LogP contribution in [0.1, 0.15) is 24.8 Å². The average molecular weight is 321 g/mol. The lowest BCUT2D eigenvalue weighted by Crippen LogP contribution is -2.34. The Labute approximate surface area is 134 Å². The minimum Gasteiger partial charge on any atom is -0.505 e. The number of carbonyl (C=O) groups is 2. The summed E-state index contributed by atoms with van der Waals surface area (Å²) in [4.78, 5) is 23.5. The van der Waals surface area contributed by atoms with Crippen molar-refractivity contribution in [2.24, 2.45) is 5.92 Å². The summed E-state index contributed by atoms with van der Waals surface area (Å²) in [5.41, 5.74) is 0.525. The first-order chi connectivity index (χ1) is 11.0. The third kappa shape index (κ3) is 6.39. The molecule has 0 radical (unpaired) electrons. The Hall–Kier alpha value is -2.55. The standard InChI is InChI=1S/C17H20FNO4/c1-3-4-5-6-16(21)19-11-13(17(22)23-2)9-12-7-8-15(20)14(18)10-12/h1,7-8,10,13,20H,4-6,9,11H2,2H3,(H,19,21)/t13-/m1/s1. The van der Waals surface area contributed by atoms with Gasteiger partial charge in [-0.25, -0.2) is 4.39 Å². The summed E-state index contributed by atoms with van der Waals surface area (Å²) in [5, 5.41) is 11.8. The Morgan fingerprint density at radius 1 is 1.48 bits per heavy atom. The second-order valence-corrected chi connectivity index (χ2v) is 5.07. The summed E-state index contributed by atoms with van der Waals surface area (Å²) in [6.45, 7) is 0.0874. The van der Waals surface area contributed by atoms with Gasteiger partial charge in [0.1, 0.15) is 0 Å². The number of ether oxygens (including phenoxy) is 1. The number of phenols is 1. The molecule has 0 bridgehead atoms. The first kappa shape index (κ1) is 18.5. The van der Waals surface area contributed by atoms with Crippen LogP contribution in [0.4, 0.5) is 4.39 Å². The van der Waals surface area contributed by atoms with Gasteiger partial charge in [-0.15, -0.1) is 12.3 Å². The first-order valence-corrected chi connectivity index (χ1v) is 7.23. The van der Waals surface area contributed by atoms with Crippen molar-refractivity contribution in [2.45, 2.75) is 25.7 Å². The molecule has 1 atom stereocenters. The molecule has 0 aliphatic carbocycles. The van der Waals surface area contributed by atoms with Crippen LogP contribution >= 0.6 is 0 Å². The molecule has 2 N–H and O–H groups in total. The Morgan fingerprint density at radius 3 is 2.83 bits per heavy atom. The molecular formula is C17H20FNO4. The van der Waals surface area contributed by atoms with Crippen LogP contribution in [0.5, 0.6) is 5.75 Å². The van der Waals surface area contributed by atoms with Crippen molar-refractivity contribution in [1.82, 2.24) is 5.32 Å². The summed E-state index contributed by atoms with van der Waals surface area (Å²) >= 11 is 0. The van der Waals surface area contributed by atoms with Crippen LogP contribution in [-0.2, 0) is 20.7 Å². The minimum absolute atomic E-state index is 0.0874. The van der Waals surface area contributed by atoms with Gasteiger partial charge in [-0.05, 0) is 30.5 Å². The van der Waals surface area contributed by atoms with Gasteiger partial charge in [-0.2, -0.15) is 0 Å². The summed E-state index contributed by atoms with van der Waals surface area (Å²) < 4.78 is 18.1. The quantitative estimate of drug-likeness (QED) is 0.435. The zero-order valence-electron chi connectivity index (χ0n) is 13.0. The number of phenolic OH excluding ortho intramolecular Hbond substituents is 1. The van der Waals surface area contributed by atoms with Crippen LogP contribution in [0.3, 0.4) is 0 Å². The smallest absolute Gasteiger partial charge is 0.310 e. The fourth-order valence-electron chi connectivity index (χ4n) is 2.04. The number of rotatable bonds is 8. The third-order valence-corrected chi connectivity index (χ3v) is 3.30. The van der Waals surface area contributed by atoms with Gasteiger partial charge in [-0.3, -0.25) is 9.59 Å². The van der Waals surface area contributed by atoms with E-state index in [0.717, 1.165) is 6.07 Å². The first-order valence-electron chi connectivity index (χ1n) is 7.23. The van der Waals surface area contributed by atoms with Gasteiger partial charge in [0.2, 0.25) is 5.91 Å². The predicted molar refractivity (Wildman–Crippen MR) is 83.0 cm³/mol. The largest absolute Gasteiger partial charge is 0.505 e. The van der Waals surface area contributed by atoms with E-state index in [-0.39, 0.29) is 25.3 Å². The highest BCUT2D eigenvalue weighted by atomic mass is 19.1. The molecule has 0 aliphatic heterocycles. The Bertz CT molecular complexity index is 595. The van der Waals surface area contributed by atoms with E-state index in [1.54, 1.807) is 0 Å². The Kier molecular flexibility index (Phi) is 7.61. The number of carbonyl (C=O) groups excluding carboxylic acids is 2. The van der Waals surface area contributed by atoms with Crippen molar-refractivity contribution < 1.29 is 23.8 Å². The lowest BCUT2D eigenvalue weighted by Gasteiger charge is -2.16.